The number of hydrogen-bond acceptors (Lipinski definition) is 3. The van der Waals surface area contributed by atoms with Gasteiger partial charge in [-0.2, -0.15) is 0 Å². The van der Waals surface area contributed by atoms with E-state index in [4.69, 9.17) is 4.74 Å². The first-order valence-electron chi connectivity index (χ1n) is 5.63. The van der Waals surface area contributed by atoms with Crippen molar-refractivity contribution in [3.05, 3.63) is 29.8 Å². The molecule has 1 aromatic rings. The minimum atomic E-state index is -0.396. The van der Waals surface area contributed by atoms with Crippen LogP contribution in [0.3, 0.4) is 0 Å². The number of ether oxygens (including phenoxy) is 1. The molecule has 16 heavy (non-hydrogen) atoms. The third-order valence-corrected chi connectivity index (χ3v) is 2.66. The quantitative estimate of drug-likeness (QED) is 0.751. The molecule has 1 rings (SSSR count). The minimum Gasteiger partial charge on any atom is -0.389 e. The summed E-state index contributed by atoms with van der Waals surface area (Å²) < 4.78 is 5.02. The van der Waals surface area contributed by atoms with Crippen LogP contribution in [0.25, 0.3) is 0 Å². The molecule has 0 bridgehead atoms. The molecular formula is C13H21NO2. The maximum absolute atomic E-state index is 9.40. The van der Waals surface area contributed by atoms with Crippen molar-refractivity contribution in [3.63, 3.8) is 0 Å². The fraction of sp³-hybridized carbons (Fsp3) is 0.538. The van der Waals surface area contributed by atoms with Gasteiger partial charge in [-0.25, -0.2) is 0 Å². The van der Waals surface area contributed by atoms with E-state index >= 15 is 0 Å². The van der Waals surface area contributed by atoms with E-state index < -0.39 is 6.10 Å². The molecule has 3 nitrogen and oxygen atoms in total. The van der Waals surface area contributed by atoms with E-state index in [9.17, 15) is 5.11 Å². The molecule has 0 unspecified atom stereocenters. The monoisotopic (exact) mass is 223 g/mol. The Morgan fingerprint density at radius 1 is 1.31 bits per heavy atom. The Morgan fingerprint density at radius 2 is 1.94 bits per heavy atom. The van der Waals surface area contributed by atoms with Crippen LogP contribution in [0.2, 0.25) is 0 Å². The molecule has 0 saturated carbocycles. The van der Waals surface area contributed by atoms with Crippen molar-refractivity contribution >= 4 is 5.69 Å². The van der Waals surface area contributed by atoms with Crippen LogP contribution in [0.15, 0.2) is 24.3 Å². The summed E-state index contributed by atoms with van der Waals surface area (Å²) in [4.78, 5) is 2.19. The number of aliphatic hydroxyl groups excluding tert-OH is 1. The maximum Gasteiger partial charge on any atom is 0.0761 e. The Bertz CT molecular complexity index is 295. The molecule has 1 N–H and O–H groups in total. The molecule has 1 atom stereocenters. The highest BCUT2D eigenvalue weighted by atomic mass is 16.5. The second-order valence-corrected chi connectivity index (χ2v) is 4.04. The highest BCUT2D eigenvalue weighted by Crippen LogP contribution is 2.18. The van der Waals surface area contributed by atoms with Gasteiger partial charge in [0.15, 0.2) is 0 Å². The van der Waals surface area contributed by atoms with Gasteiger partial charge in [0.2, 0.25) is 0 Å². The Morgan fingerprint density at radius 3 is 2.44 bits per heavy atom. The molecule has 0 radical (unpaired) electrons. The summed E-state index contributed by atoms with van der Waals surface area (Å²) >= 11 is 0. The van der Waals surface area contributed by atoms with Gasteiger partial charge in [0.05, 0.1) is 6.10 Å². The van der Waals surface area contributed by atoms with Gasteiger partial charge < -0.3 is 14.7 Å². The number of nitrogens with zero attached hydrogens (tertiary/aromatic N) is 1. The van der Waals surface area contributed by atoms with Crippen molar-refractivity contribution in [1.82, 2.24) is 0 Å². The number of rotatable bonds is 6. The molecule has 0 aromatic heterocycles. The van der Waals surface area contributed by atoms with Crippen molar-refractivity contribution in [1.29, 1.82) is 0 Å². The van der Waals surface area contributed by atoms with E-state index in [-0.39, 0.29) is 0 Å². The van der Waals surface area contributed by atoms with E-state index in [2.05, 4.69) is 11.9 Å². The van der Waals surface area contributed by atoms with E-state index in [1.165, 1.54) is 5.69 Å². The van der Waals surface area contributed by atoms with Gasteiger partial charge in [-0.1, -0.05) is 12.1 Å². The summed E-state index contributed by atoms with van der Waals surface area (Å²) in [5, 5.41) is 9.40. The van der Waals surface area contributed by atoms with Crippen molar-refractivity contribution < 1.29 is 9.84 Å². The van der Waals surface area contributed by atoms with Crippen molar-refractivity contribution in [2.75, 3.05) is 32.2 Å². The van der Waals surface area contributed by atoms with Gasteiger partial charge in [-0.15, -0.1) is 0 Å². The lowest BCUT2D eigenvalue weighted by Crippen LogP contribution is -2.19. The Kier molecular flexibility index (Phi) is 5.29. The summed E-state index contributed by atoms with van der Waals surface area (Å²) in [7, 11) is 3.78. The molecule has 0 aliphatic carbocycles. The standard InChI is InChI=1S/C13H21NO2/c1-11(15)12-5-7-13(8-6-12)14(2)9-4-10-16-3/h5-8,11,15H,4,9-10H2,1-3H3/t11-/m1/s1. The Hall–Kier alpha value is -1.06. The molecule has 0 saturated heterocycles. The van der Waals surface area contributed by atoms with Gasteiger partial charge >= 0.3 is 0 Å². The molecule has 3 heteroatoms. The average Bonchev–Trinajstić information content (AvgIpc) is 2.29. The van der Waals surface area contributed by atoms with E-state index in [0.29, 0.717) is 0 Å². The van der Waals surface area contributed by atoms with Crippen molar-refractivity contribution in [3.8, 4) is 0 Å². The van der Waals surface area contributed by atoms with Crippen LogP contribution >= 0.6 is 0 Å². The topological polar surface area (TPSA) is 32.7 Å². The fourth-order valence-corrected chi connectivity index (χ4v) is 1.58. The fourth-order valence-electron chi connectivity index (χ4n) is 1.58. The molecule has 0 heterocycles. The third-order valence-electron chi connectivity index (χ3n) is 2.66. The van der Waals surface area contributed by atoms with Gasteiger partial charge in [0, 0.05) is 33.0 Å². The molecule has 0 aliphatic rings. The lowest BCUT2D eigenvalue weighted by molar-refractivity contribution is 0.196. The lowest BCUT2D eigenvalue weighted by atomic mass is 10.1. The van der Waals surface area contributed by atoms with E-state index in [0.717, 1.165) is 25.1 Å². The van der Waals surface area contributed by atoms with Crippen LogP contribution in [0.1, 0.15) is 25.0 Å². The molecule has 0 aliphatic heterocycles. The van der Waals surface area contributed by atoms with Gasteiger partial charge in [-0.05, 0) is 31.0 Å². The van der Waals surface area contributed by atoms with Crippen LogP contribution in [0.4, 0.5) is 5.69 Å². The molecule has 0 amide bonds. The van der Waals surface area contributed by atoms with Crippen LogP contribution in [-0.2, 0) is 4.74 Å². The van der Waals surface area contributed by atoms with Crippen LogP contribution in [0, 0.1) is 0 Å². The third kappa shape index (κ3) is 3.83. The van der Waals surface area contributed by atoms with Crippen LogP contribution < -0.4 is 4.90 Å². The van der Waals surface area contributed by atoms with Gasteiger partial charge in [-0.3, -0.25) is 0 Å². The first kappa shape index (κ1) is 13.0. The first-order valence-corrected chi connectivity index (χ1v) is 5.63. The Labute approximate surface area is 97.7 Å². The largest absolute Gasteiger partial charge is 0.389 e. The highest BCUT2D eigenvalue weighted by Gasteiger charge is 2.03. The second kappa shape index (κ2) is 6.51. The van der Waals surface area contributed by atoms with Crippen LogP contribution in [-0.4, -0.2) is 32.4 Å². The number of hydrogen-bond donors (Lipinski definition) is 1. The SMILES string of the molecule is COCCCN(C)c1ccc([C@@H](C)O)cc1. The van der Waals surface area contributed by atoms with Crippen molar-refractivity contribution in [2.45, 2.75) is 19.4 Å². The zero-order valence-electron chi connectivity index (χ0n) is 10.3. The van der Waals surface area contributed by atoms with Crippen molar-refractivity contribution in [2.24, 2.45) is 0 Å². The molecule has 0 spiro atoms. The maximum atomic E-state index is 9.40. The summed E-state index contributed by atoms with van der Waals surface area (Å²) in [6.45, 7) is 3.54. The summed E-state index contributed by atoms with van der Waals surface area (Å²) in [5.41, 5.74) is 2.12. The van der Waals surface area contributed by atoms with Gasteiger partial charge in [0.25, 0.3) is 0 Å². The second-order valence-electron chi connectivity index (χ2n) is 4.04. The van der Waals surface area contributed by atoms with E-state index in [1.54, 1.807) is 14.0 Å². The molecular weight excluding hydrogens is 202 g/mol. The number of benzene rings is 1. The van der Waals surface area contributed by atoms with Gasteiger partial charge in [0.1, 0.15) is 0 Å². The predicted molar refractivity (Wildman–Crippen MR) is 66.8 cm³/mol. The number of methoxy groups -OCH3 is 1. The molecule has 90 valence electrons. The lowest BCUT2D eigenvalue weighted by Gasteiger charge is -2.19. The number of aliphatic hydroxyl groups is 1. The Balaban J connectivity index is 2.52. The zero-order valence-corrected chi connectivity index (χ0v) is 10.3. The molecule has 0 fully saturated rings. The summed E-state index contributed by atoms with van der Waals surface area (Å²) in [6, 6.07) is 8.00. The highest BCUT2D eigenvalue weighted by molar-refractivity contribution is 5.47. The van der Waals surface area contributed by atoms with E-state index in [1.807, 2.05) is 24.3 Å². The first-order chi connectivity index (χ1) is 7.65. The minimum absolute atomic E-state index is 0.396. The smallest absolute Gasteiger partial charge is 0.0761 e. The summed E-state index contributed by atoms with van der Waals surface area (Å²) in [6.07, 6.45) is 0.623. The zero-order chi connectivity index (χ0) is 12.0. The number of anilines is 1. The normalized spacial score (nSPS) is 12.5. The molecule has 1 aromatic carbocycles. The predicted octanol–water partition coefficient (Wildman–Crippen LogP) is 2.21. The summed E-state index contributed by atoms with van der Waals surface area (Å²) in [5.74, 6) is 0. The average molecular weight is 223 g/mol. The van der Waals surface area contributed by atoms with Crippen LogP contribution in [0.5, 0.6) is 0 Å².